The summed E-state index contributed by atoms with van der Waals surface area (Å²) in [6, 6.07) is 5.17. The molecule has 0 aliphatic carbocycles. The topological polar surface area (TPSA) is 67.9 Å². The normalized spacial score (nSPS) is 14.2. The zero-order valence-corrected chi connectivity index (χ0v) is 12.9. The maximum Gasteiger partial charge on any atom is 0.281 e. The van der Waals surface area contributed by atoms with Crippen molar-refractivity contribution in [3.63, 3.8) is 0 Å². The van der Waals surface area contributed by atoms with Crippen LogP contribution in [0.3, 0.4) is 0 Å². The number of hydrogen-bond donors (Lipinski definition) is 1. The Kier molecular flexibility index (Phi) is 5.32. The highest BCUT2D eigenvalue weighted by atomic mass is 32.2. The van der Waals surface area contributed by atoms with Crippen LogP contribution in [0.1, 0.15) is 6.42 Å². The minimum absolute atomic E-state index is 0.0471. The predicted molar refractivity (Wildman–Crippen MR) is 82.2 cm³/mol. The van der Waals surface area contributed by atoms with Crippen molar-refractivity contribution in [1.82, 2.24) is 4.90 Å². The quantitative estimate of drug-likeness (QED) is 0.872. The second kappa shape index (κ2) is 7.21. The zero-order chi connectivity index (χ0) is 15.2. The molecule has 1 aliphatic heterocycles. The number of nitrogens with zero attached hydrogens (tertiary/aromatic N) is 1. The van der Waals surface area contributed by atoms with Crippen LogP contribution in [0.15, 0.2) is 18.2 Å². The molecule has 0 aromatic heterocycles. The van der Waals surface area contributed by atoms with Crippen molar-refractivity contribution in [3.8, 4) is 11.5 Å². The summed E-state index contributed by atoms with van der Waals surface area (Å²) in [4.78, 5) is 25.1. The van der Waals surface area contributed by atoms with E-state index in [9.17, 15) is 9.59 Å². The molecule has 2 rings (SSSR count). The van der Waals surface area contributed by atoms with E-state index in [1.165, 1.54) is 11.8 Å². The second-order valence-corrected chi connectivity index (χ2v) is 5.55. The number of anilines is 1. The molecule has 6 nitrogen and oxygen atoms in total. The van der Waals surface area contributed by atoms with Gasteiger partial charge in [-0.05, 0) is 0 Å². The Labute approximate surface area is 127 Å². The summed E-state index contributed by atoms with van der Waals surface area (Å²) in [5, 5.41) is 2.83. The van der Waals surface area contributed by atoms with Crippen LogP contribution < -0.4 is 14.8 Å². The first-order chi connectivity index (χ1) is 10.1. The van der Waals surface area contributed by atoms with Crippen molar-refractivity contribution in [1.29, 1.82) is 0 Å². The number of hydrogen-bond acceptors (Lipinski definition) is 5. The molecule has 0 atom stereocenters. The van der Waals surface area contributed by atoms with Gasteiger partial charge in [0.1, 0.15) is 11.5 Å². The van der Waals surface area contributed by atoms with Gasteiger partial charge in [-0.25, -0.2) is 0 Å². The third kappa shape index (κ3) is 4.29. The number of carbonyl (C=O) groups excluding carboxylic acids is 2. The van der Waals surface area contributed by atoms with Crippen molar-refractivity contribution >= 4 is 28.6 Å². The minimum atomic E-state index is -0.144. The van der Waals surface area contributed by atoms with Gasteiger partial charge in [-0.2, -0.15) is 0 Å². The molecule has 0 spiro atoms. The fourth-order valence-corrected chi connectivity index (χ4v) is 2.82. The van der Waals surface area contributed by atoms with E-state index in [-0.39, 0.29) is 17.6 Å². The molecule has 1 heterocycles. The molecule has 0 unspecified atom stereocenters. The molecule has 1 aromatic rings. The average molecular weight is 310 g/mol. The molecule has 21 heavy (non-hydrogen) atoms. The molecule has 7 heteroatoms. The van der Waals surface area contributed by atoms with Gasteiger partial charge < -0.3 is 19.7 Å². The first kappa shape index (κ1) is 15.5. The number of carbonyl (C=O) groups is 2. The zero-order valence-electron chi connectivity index (χ0n) is 12.0. The third-order valence-corrected chi connectivity index (χ3v) is 3.98. The van der Waals surface area contributed by atoms with E-state index in [1.807, 2.05) is 0 Å². The van der Waals surface area contributed by atoms with Gasteiger partial charge in [0.25, 0.3) is 5.24 Å². The van der Waals surface area contributed by atoms with Crippen molar-refractivity contribution in [2.75, 3.05) is 38.4 Å². The summed E-state index contributed by atoms with van der Waals surface area (Å²) in [6.07, 6.45) is 0.270. The lowest BCUT2D eigenvalue weighted by Crippen LogP contribution is -2.27. The smallest absolute Gasteiger partial charge is 0.281 e. The van der Waals surface area contributed by atoms with E-state index < -0.39 is 0 Å². The molecular formula is C14H18N2O4S. The van der Waals surface area contributed by atoms with Crippen molar-refractivity contribution in [3.05, 3.63) is 18.2 Å². The summed E-state index contributed by atoms with van der Waals surface area (Å²) in [6.45, 7) is 1.16. The first-order valence-electron chi connectivity index (χ1n) is 6.57. The number of benzene rings is 1. The van der Waals surface area contributed by atoms with E-state index in [2.05, 4.69) is 5.32 Å². The maximum absolute atomic E-state index is 11.9. The van der Waals surface area contributed by atoms with Gasteiger partial charge in [-0.3, -0.25) is 9.59 Å². The number of nitrogens with one attached hydrogen (secondary N) is 1. The summed E-state index contributed by atoms with van der Waals surface area (Å²) < 4.78 is 10.3. The first-order valence-corrected chi connectivity index (χ1v) is 7.55. The van der Waals surface area contributed by atoms with Gasteiger partial charge in [0.15, 0.2) is 0 Å². The highest BCUT2D eigenvalue weighted by Gasteiger charge is 2.21. The molecule has 1 aliphatic rings. The highest BCUT2D eigenvalue weighted by Crippen LogP contribution is 2.26. The van der Waals surface area contributed by atoms with E-state index in [0.717, 1.165) is 5.75 Å². The largest absolute Gasteiger partial charge is 0.497 e. The van der Waals surface area contributed by atoms with Gasteiger partial charge >= 0.3 is 0 Å². The van der Waals surface area contributed by atoms with Crippen LogP contribution in [0.25, 0.3) is 0 Å². The molecule has 1 N–H and O–H groups in total. The fourth-order valence-electron chi connectivity index (χ4n) is 1.97. The number of ether oxygens (including phenoxy) is 2. The van der Waals surface area contributed by atoms with Gasteiger partial charge in [0, 0.05) is 49.1 Å². The van der Waals surface area contributed by atoms with Gasteiger partial charge in [0.05, 0.1) is 14.2 Å². The van der Waals surface area contributed by atoms with Crippen LogP contribution in [0.5, 0.6) is 11.5 Å². The lowest BCUT2D eigenvalue weighted by molar-refractivity contribution is -0.116. The maximum atomic E-state index is 11.9. The molecule has 2 amide bonds. The molecule has 0 radical (unpaired) electrons. The number of rotatable bonds is 6. The third-order valence-electron chi connectivity index (χ3n) is 3.09. The van der Waals surface area contributed by atoms with Gasteiger partial charge in [-0.1, -0.05) is 11.8 Å². The average Bonchev–Trinajstić information content (AvgIpc) is 2.90. The van der Waals surface area contributed by atoms with Crippen LogP contribution in [0.2, 0.25) is 0 Å². The monoisotopic (exact) mass is 310 g/mol. The summed E-state index contributed by atoms with van der Waals surface area (Å²) >= 11 is 1.29. The van der Waals surface area contributed by atoms with Crippen LogP contribution in [0.4, 0.5) is 10.5 Å². The molecule has 1 fully saturated rings. The summed E-state index contributed by atoms with van der Waals surface area (Å²) in [5.41, 5.74) is 0.610. The van der Waals surface area contributed by atoms with E-state index in [1.54, 1.807) is 37.3 Å². The number of thioether (sulfide) groups is 1. The van der Waals surface area contributed by atoms with Crippen molar-refractivity contribution in [2.24, 2.45) is 0 Å². The Bertz CT molecular complexity index is 513. The standard InChI is InChI=1S/C14H18N2O4S/c1-19-11-7-10(8-12(9-11)20-2)15-13(17)3-4-16-5-6-21-14(16)18/h7-9H,3-6H2,1-2H3,(H,15,17). The Balaban J connectivity index is 1.91. The van der Waals surface area contributed by atoms with E-state index in [4.69, 9.17) is 9.47 Å². The van der Waals surface area contributed by atoms with Crippen molar-refractivity contribution < 1.29 is 19.1 Å². The number of amides is 2. The predicted octanol–water partition coefficient (Wildman–Crippen LogP) is 2.20. The Morgan fingerprint density at radius 1 is 1.29 bits per heavy atom. The summed E-state index contributed by atoms with van der Waals surface area (Å²) in [7, 11) is 3.11. The molecule has 0 saturated carbocycles. The SMILES string of the molecule is COc1cc(NC(=O)CCN2CCSC2=O)cc(OC)c1. The molecule has 1 saturated heterocycles. The van der Waals surface area contributed by atoms with Crippen molar-refractivity contribution in [2.45, 2.75) is 6.42 Å². The van der Waals surface area contributed by atoms with Gasteiger partial charge in [-0.15, -0.1) is 0 Å². The Morgan fingerprint density at radius 3 is 2.48 bits per heavy atom. The summed E-state index contributed by atoms with van der Waals surface area (Å²) in [5.74, 6) is 1.87. The molecule has 1 aromatic carbocycles. The van der Waals surface area contributed by atoms with Crippen LogP contribution in [0, 0.1) is 0 Å². The van der Waals surface area contributed by atoms with Crippen LogP contribution >= 0.6 is 11.8 Å². The molecular weight excluding hydrogens is 292 g/mol. The van der Waals surface area contributed by atoms with E-state index >= 15 is 0 Å². The Hall–Kier alpha value is -1.89. The van der Waals surface area contributed by atoms with Gasteiger partial charge in [0.2, 0.25) is 5.91 Å². The minimum Gasteiger partial charge on any atom is -0.497 e. The number of methoxy groups -OCH3 is 2. The Morgan fingerprint density at radius 2 is 1.95 bits per heavy atom. The fraction of sp³-hybridized carbons (Fsp3) is 0.429. The lowest BCUT2D eigenvalue weighted by Gasteiger charge is -2.14. The van der Waals surface area contributed by atoms with Crippen LogP contribution in [-0.2, 0) is 4.79 Å². The highest BCUT2D eigenvalue weighted by molar-refractivity contribution is 8.13. The molecule has 0 bridgehead atoms. The molecule has 114 valence electrons. The van der Waals surface area contributed by atoms with Crippen LogP contribution in [-0.4, -0.2) is 49.1 Å². The lowest BCUT2D eigenvalue weighted by atomic mass is 10.2. The second-order valence-electron chi connectivity index (χ2n) is 4.50. The van der Waals surface area contributed by atoms with E-state index in [0.29, 0.717) is 30.3 Å².